The Bertz CT molecular complexity index is 655. The maximum atomic E-state index is 11.7. The molecule has 1 N–H and O–H groups in total. The maximum Gasteiger partial charge on any atom is 0.305 e. The Balaban J connectivity index is 3.34. The summed E-state index contributed by atoms with van der Waals surface area (Å²) >= 11 is 5.23. The molecule has 0 radical (unpaired) electrons. The topological polar surface area (TPSA) is 130 Å². The number of carbonyl (C=O) groups is 4. The molecule has 1 aliphatic rings. The summed E-state index contributed by atoms with van der Waals surface area (Å²) in [4.78, 5) is 47.8. The van der Waals surface area contributed by atoms with E-state index < -0.39 is 54.5 Å². The molecule has 164 valence electrons. The van der Waals surface area contributed by atoms with Gasteiger partial charge in [-0.1, -0.05) is 0 Å². The van der Waals surface area contributed by atoms with E-state index in [2.05, 4.69) is 5.32 Å². The van der Waals surface area contributed by atoms with Gasteiger partial charge in [-0.25, -0.2) is 0 Å². The van der Waals surface area contributed by atoms with Crippen molar-refractivity contribution in [2.45, 2.75) is 58.3 Å². The number of esters is 4. The van der Waals surface area contributed by atoms with E-state index >= 15 is 0 Å². The van der Waals surface area contributed by atoms with Gasteiger partial charge in [0.25, 0.3) is 0 Å². The normalized spacial score (nSPS) is 25.9. The Morgan fingerprint density at radius 2 is 1.41 bits per heavy atom. The van der Waals surface area contributed by atoms with Crippen molar-refractivity contribution in [1.29, 1.82) is 0 Å². The van der Waals surface area contributed by atoms with Gasteiger partial charge in [-0.3, -0.25) is 19.2 Å². The van der Waals surface area contributed by atoms with Crippen LogP contribution in [-0.4, -0.2) is 85.2 Å². The van der Waals surface area contributed by atoms with Crippen LogP contribution in [0.15, 0.2) is 0 Å². The molecular weight excluding hydrogens is 408 g/mol. The van der Waals surface area contributed by atoms with Crippen LogP contribution in [0.5, 0.6) is 0 Å². The fraction of sp³-hybridized carbons (Fsp3) is 0.706. The lowest BCUT2D eigenvalue weighted by molar-refractivity contribution is -0.269. The third-order valence-electron chi connectivity index (χ3n) is 3.68. The zero-order valence-corrected chi connectivity index (χ0v) is 17.9. The second-order valence-corrected chi connectivity index (χ2v) is 6.86. The first-order valence-electron chi connectivity index (χ1n) is 8.70. The fourth-order valence-electron chi connectivity index (χ4n) is 2.59. The van der Waals surface area contributed by atoms with Crippen LogP contribution in [-0.2, 0) is 42.9 Å². The van der Waals surface area contributed by atoms with E-state index in [4.69, 9.17) is 35.9 Å². The minimum Gasteiger partial charge on any atom is -0.463 e. The Labute approximate surface area is 173 Å². The molecule has 0 aliphatic carbocycles. The lowest BCUT2D eigenvalue weighted by Crippen LogP contribution is -2.67. The van der Waals surface area contributed by atoms with E-state index in [1.165, 1.54) is 27.7 Å². The quantitative estimate of drug-likeness (QED) is 0.329. The van der Waals surface area contributed by atoms with Crippen molar-refractivity contribution >= 4 is 41.2 Å². The molecular formula is C17H26N2O9S. The second kappa shape index (κ2) is 10.9. The molecule has 0 aromatic rings. The molecule has 5 atom stereocenters. The summed E-state index contributed by atoms with van der Waals surface area (Å²) in [6.07, 6.45) is -4.66. The second-order valence-electron chi connectivity index (χ2n) is 6.47. The van der Waals surface area contributed by atoms with Crippen molar-refractivity contribution in [1.82, 2.24) is 10.2 Å². The molecule has 1 rings (SSSR count). The highest BCUT2D eigenvalue weighted by Gasteiger charge is 2.52. The standard InChI is InChI=1S/C17H26N2O9S/c1-8(20)24-7-12-14(25-9(2)21)15(26-10(3)22)13(18-17(29)19(5)6)16(28-12)27-11(4)23/h12-16H,7H2,1-6H3,(H,18,29)/t12-,13-,14-,15-,16-/m1/s1. The van der Waals surface area contributed by atoms with Gasteiger partial charge in [-0.15, -0.1) is 0 Å². The van der Waals surface area contributed by atoms with Crippen molar-refractivity contribution < 1.29 is 42.9 Å². The molecule has 1 saturated heterocycles. The smallest absolute Gasteiger partial charge is 0.305 e. The average molecular weight is 434 g/mol. The molecule has 0 unspecified atom stereocenters. The number of hydrogen-bond donors (Lipinski definition) is 1. The molecule has 12 heteroatoms. The van der Waals surface area contributed by atoms with Crippen LogP contribution < -0.4 is 5.32 Å². The number of carbonyl (C=O) groups excluding carboxylic acids is 4. The van der Waals surface area contributed by atoms with E-state index in [9.17, 15) is 19.2 Å². The van der Waals surface area contributed by atoms with Gasteiger partial charge in [0.2, 0.25) is 6.29 Å². The zero-order valence-electron chi connectivity index (χ0n) is 17.1. The van der Waals surface area contributed by atoms with Crippen LogP contribution in [0.25, 0.3) is 0 Å². The van der Waals surface area contributed by atoms with Gasteiger partial charge in [0.15, 0.2) is 17.3 Å². The van der Waals surface area contributed by atoms with Crippen LogP contribution in [0.2, 0.25) is 0 Å². The van der Waals surface area contributed by atoms with Gasteiger partial charge in [-0.2, -0.15) is 0 Å². The van der Waals surface area contributed by atoms with Crippen LogP contribution in [0, 0.1) is 0 Å². The minimum atomic E-state index is -1.28. The largest absolute Gasteiger partial charge is 0.463 e. The van der Waals surface area contributed by atoms with Gasteiger partial charge in [0.05, 0.1) is 0 Å². The summed E-state index contributed by atoms with van der Waals surface area (Å²) in [5.41, 5.74) is 0. The van der Waals surface area contributed by atoms with Crippen molar-refractivity contribution in [3.63, 3.8) is 0 Å². The first-order chi connectivity index (χ1) is 13.4. The first-order valence-corrected chi connectivity index (χ1v) is 9.11. The summed E-state index contributed by atoms with van der Waals surface area (Å²) in [7, 11) is 3.35. The van der Waals surface area contributed by atoms with Crippen LogP contribution >= 0.6 is 12.2 Å². The lowest BCUT2D eigenvalue weighted by atomic mass is 9.96. The summed E-state index contributed by atoms with van der Waals surface area (Å²) in [6, 6.07) is -1.00. The monoisotopic (exact) mass is 434 g/mol. The van der Waals surface area contributed by atoms with Gasteiger partial charge in [0, 0.05) is 41.8 Å². The zero-order chi connectivity index (χ0) is 22.3. The number of rotatable bonds is 6. The van der Waals surface area contributed by atoms with Gasteiger partial charge in [-0.05, 0) is 12.2 Å². The molecule has 0 spiro atoms. The molecule has 0 bridgehead atoms. The molecule has 1 aliphatic heterocycles. The predicted octanol–water partition coefficient (Wildman–Crippen LogP) is -0.494. The molecule has 0 saturated carbocycles. The van der Waals surface area contributed by atoms with Crippen molar-refractivity contribution in [2.75, 3.05) is 20.7 Å². The Morgan fingerprint density at radius 1 is 0.897 bits per heavy atom. The molecule has 0 aromatic carbocycles. The van der Waals surface area contributed by atoms with Crippen molar-refractivity contribution in [2.24, 2.45) is 0 Å². The Kier molecular flexibility index (Phi) is 9.24. The number of ether oxygens (including phenoxy) is 5. The highest BCUT2D eigenvalue weighted by molar-refractivity contribution is 7.80. The fourth-order valence-corrected chi connectivity index (χ4v) is 2.73. The molecule has 1 heterocycles. The van der Waals surface area contributed by atoms with Crippen LogP contribution in [0.4, 0.5) is 0 Å². The van der Waals surface area contributed by atoms with Crippen molar-refractivity contribution in [3.05, 3.63) is 0 Å². The van der Waals surface area contributed by atoms with E-state index in [0.29, 0.717) is 0 Å². The number of hydrogen-bond acceptors (Lipinski definition) is 10. The number of nitrogens with zero attached hydrogens (tertiary/aromatic N) is 1. The predicted molar refractivity (Wildman–Crippen MR) is 101 cm³/mol. The first kappa shape index (κ1) is 24.6. The summed E-state index contributed by atoms with van der Waals surface area (Å²) in [6.45, 7) is 4.37. The summed E-state index contributed by atoms with van der Waals surface area (Å²) in [5.74, 6) is -2.62. The maximum absolute atomic E-state index is 11.7. The van der Waals surface area contributed by atoms with Crippen LogP contribution in [0.3, 0.4) is 0 Å². The molecule has 1 fully saturated rings. The molecule has 29 heavy (non-hydrogen) atoms. The van der Waals surface area contributed by atoms with E-state index in [1.807, 2.05) is 0 Å². The van der Waals surface area contributed by atoms with E-state index in [-0.39, 0.29) is 11.7 Å². The molecule has 0 aromatic heterocycles. The van der Waals surface area contributed by atoms with E-state index in [0.717, 1.165) is 0 Å². The highest BCUT2D eigenvalue weighted by atomic mass is 32.1. The minimum absolute atomic E-state index is 0.230. The van der Waals surface area contributed by atoms with Gasteiger partial charge in [0.1, 0.15) is 18.8 Å². The third kappa shape index (κ3) is 7.81. The average Bonchev–Trinajstić information content (AvgIpc) is 2.56. The SMILES string of the molecule is CC(=O)OC[C@H]1O[C@@H](OC(C)=O)[C@H](NC(=S)N(C)C)[C@@H](OC(C)=O)[C@@H]1OC(C)=O. The van der Waals surface area contributed by atoms with Gasteiger partial charge >= 0.3 is 23.9 Å². The number of thiocarbonyl (C=S) groups is 1. The van der Waals surface area contributed by atoms with Crippen molar-refractivity contribution in [3.8, 4) is 0 Å². The number of nitrogens with one attached hydrogen (secondary N) is 1. The Hall–Kier alpha value is -2.47. The lowest BCUT2D eigenvalue weighted by Gasteiger charge is -2.45. The molecule has 11 nitrogen and oxygen atoms in total. The van der Waals surface area contributed by atoms with Crippen LogP contribution in [0.1, 0.15) is 27.7 Å². The Morgan fingerprint density at radius 3 is 1.86 bits per heavy atom. The van der Waals surface area contributed by atoms with E-state index in [1.54, 1.807) is 19.0 Å². The summed E-state index contributed by atoms with van der Waals surface area (Å²) in [5, 5.41) is 3.13. The highest BCUT2D eigenvalue weighted by Crippen LogP contribution is 2.28. The van der Waals surface area contributed by atoms with Gasteiger partial charge < -0.3 is 33.9 Å². The third-order valence-corrected chi connectivity index (χ3v) is 4.16. The molecule has 0 amide bonds. The summed E-state index contributed by atoms with van der Waals surface area (Å²) < 4.78 is 26.6.